The molecule has 0 amide bonds. The second-order valence-corrected chi connectivity index (χ2v) is 5.54. The van der Waals surface area contributed by atoms with Crippen molar-refractivity contribution < 1.29 is 0 Å². The Bertz CT molecular complexity index is 628. The first-order valence-corrected chi connectivity index (χ1v) is 7.44. The van der Waals surface area contributed by atoms with Gasteiger partial charge >= 0.3 is 0 Å². The van der Waals surface area contributed by atoms with Crippen molar-refractivity contribution in [1.29, 1.82) is 0 Å². The molecule has 0 atom stereocenters. The van der Waals surface area contributed by atoms with Crippen LogP contribution in [0.25, 0.3) is 11.0 Å². The first-order valence-electron chi connectivity index (χ1n) is 6.56. The molecule has 0 aliphatic carbocycles. The second kappa shape index (κ2) is 5.99. The monoisotopic (exact) mass is 271 g/mol. The average Bonchev–Trinajstić information content (AvgIpc) is 3.08. The van der Waals surface area contributed by atoms with Gasteiger partial charge < -0.3 is 9.88 Å². The Morgan fingerprint density at radius 2 is 2.05 bits per heavy atom. The molecular weight excluding hydrogens is 254 g/mol. The molecule has 0 saturated carbocycles. The maximum atomic E-state index is 4.40. The third-order valence-corrected chi connectivity index (χ3v) is 4.12. The minimum atomic E-state index is 0.963. The smallest absolute Gasteiger partial charge is 0.0958 e. The summed E-state index contributed by atoms with van der Waals surface area (Å²) in [6.07, 6.45) is 3.04. The summed E-state index contributed by atoms with van der Waals surface area (Å²) < 4.78 is 2.20. The molecule has 0 fully saturated rings. The van der Waals surface area contributed by atoms with Crippen molar-refractivity contribution in [2.45, 2.75) is 13.0 Å². The van der Waals surface area contributed by atoms with E-state index in [1.54, 1.807) is 0 Å². The molecule has 0 unspecified atom stereocenters. The van der Waals surface area contributed by atoms with E-state index < -0.39 is 0 Å². The number of thiophene rings is 1. The van der Waals surface area contributed by atoms with Gasteiger partial charge in [0.2, 0.25) is 0 Å². The van der Waals surface area contributed by atoms with E-state index >= 15 is 0 Å². The number of aromatic nitrogens is 2. The summed E-state index contributed by atoms with van der Waals surface area (Å²) in [6, 6.07) is 12.6. The van der Waals surface area contributed by atoms with Crippen molar-refractivity contribution in [3.63, 3.8) is 0 Å². The molecule has 1 aromatic carbocycles. The Morgan fingerprint density at radius 1 is 1.11 bits per heavy atom. The van der Waals surface area contributed by atoms with Gasteiger partial charge in [0.1, 0.15) is 0 Å². The van der Waals surface area contributed by atoms with Crippen molar-refractivity contribution in [3.8, 4) is 0 Å². The van der Waals surface area contributed by atoms with E-state index in [1.165, 1.54) is 10.4 Å². The molecular formula is C15H17N3S. The van der Waals surface area contributed by atoms with Crippen LogP contribution in [0.2, 0.25) is 0 Å². The fourth-order valence-electron chi connectivity index (χ4n) is 2.18. The van der Waals surface area contributed by atoms with E-state index in [4.69, 9.17) is 0 Å². The Kier molecular flexibility index (Phi) is 3.91. The standard InChI is InChI=1S/C15H17N3S/c1-2-6-15-14(5-1)17-12-18(15)10-9-16-8-7-13-4-3-11-19-13/h1-6,11-12,16H,7-10H2. The molecule has 0 saturated heterocycles. The van der Waals surface area contributed by atoms with Gasteiger partial charge in [0.05, 0.1) is 17.4 Å². The van der Waals surface area contributed by atoms with Crippen molar-refractivity contribution >= 4 is 22.4 Å². The summed E-state index contributed by atoms with van der Waals surface area (Å²) in [5, 5.41) is 5.62. The van der Waals surface area contributed by atoms with Crippen LogP contribution in [0.5, 0.6) is 0 Å². The van der Waals surface area contributed by atoms with Gasteiger partial charge in [-0.15, -0.1) is 11.3 Å². The topological polar surface area (TPSA) is 29.9 Å². The van der Waals surface area contributed by atoms with Crippen LogP contribution in [0, 0.1) is 0 Å². The van der Waals surface area contributed by atoms with Crippen LogP contribution >= 0.6 is 11.3 Å². The van der Waals surface area contributed by atoms with Crippen LogP contribution < -0.4 is 5.32 Å². The molecule has 19 heavy (non-hydrogen) atoms. The number of benzene rings is 1. The lowest BCUT2D eigenvalue weighted by molar-refractivity contribution is 0.608. The minimum absolute atomic E-state index is 0.963. The molecule has 2 heterocycles. The summed E-state index contributed by atoms with van der Waals surface area (Å²) >= 11 is 1.83. The van der Waals surface area contributed by atoms with Gasteiger partial charge in [-0.2, -0.15) is 0 Å². The van der Waals surface area contributed by atoms with Crippen molar-refractivity contribution in [2.24, 2.45) is 0 Å². The number of imidazole rings is 1. The summed E-state index contributed by atoms with van der Waals surface area (Å²) in [4.78, 5) is 5.84. The van der Waals surface area contributed by atoms with E-state index in [2.05, 4.69) is 50.6 Å². The fraction of sp³-hybridized carbons (Fsp3) is 0.267. The minimum Gasteiger partial charge on any atom is -0.329 e. The van der Waals surface area contributed by atoms with E-state index in [9.17, 15) is 0 Å². The number of nitrogens with zero attached hydrogens (tertiary/aromatic N) is 2. The summed E-state index contributed by atoms with van der Waals surface area (Å²) in [7, 11) is 0. The molecule has 0 spiro atoms. The lowest BCUT2D eigenvalue weighted by atomic mass is 10.3. The van der Waals surface area contributed by atoms with Gasteiger partial charge in [-0.3, -0.25) is 0 Å². The van der Waals surface area contributed by atoms with E-state index in [0.29, 0.717) is 0 Å². The predicted molar refractivity (Wildman–Crippen MR) is 80.6 cm³/mol. The van der Waals surface area contributed by atoms with Gasteiger partial charge in [-0.05, 0) is 30.0 Å². The van der Waals surface area contributed by atoms with E-state index in [1.807, 2.05) is 23.7 Å². The maximum absolute atomic E-state index is 4.40. The van der Waals surface area contributed by atoms with Crippen molar-refractivity contribution in [1.82, 2.24) is 14.9 Å². The largest absolute Gasteiger partial charge is 0.329 e. The van der Waals surface area contributed by atoms with Gasteiger partial charge in [0.25, 0.3) is 0 Å². The Morgan fingerprint density at radius 3 is 2.95 bits per heavy atom. The zero-order chi connectivity index (χ0) is 12.9. The number of rotatable bonds is 6. The number of fused-ring (bicyclic) bond motifs is 1. The van der Waals surface area contributed by atoms with Gasteiger partial charge in [0, 0.05) is 24.5 Å². The maximum Gasteiger partial charge on any atom is 0.0958 e. The zero-order valence-electron chi connectivity index (χ0n) is 10.7. The van der Waals surface area contributed by atoms with Crippen molar-refractivity contribution in [2.75, 3.05) is 13.1 Å². The third kappa shape index (κ3) is 3.03. The summed E-state index contributed by atoms with van der Waals surface area (Å²) in [6.45, 7) is 2.98. The quantitative estimate of drug-likeness (QED) is 0.699. The molecule has 0 aliphatic heterocycles. The first-order chi connectivity index (χ1) is 9.43. The van der Waals surface area contributed by atoms with Gasteiger partial charge in [0.15, 0.2) is 0 Å². The highest BCUT2D eigenvalue weighted by Gasteiger charge is 2.00. The summed E-state index contributed by atoms with van der Waals surface area (Å²) in [5.74, 6) is 0. The zero-order valence-corrected chi connectivity index (χ0v) is 11.6. The Balaban J connectivity index is 1.47. The number of hydrogen-bond donors (Lipinski definition) is 1. The van der Waals surface area contributed by atoms with Crippen LogP contribution in [0.15, 0.2) is 48.1 Å². The molecule has 0 bridgehead atoms. The Labute approximate surface area is 116 Å². The van der Waals surface area contributed by atoms with Crippen molar-refractivity contribution in [3.05, 3.63) is 53.0 Å². The van der Waals surface area contributed by atoms with Crippen LogP contribution in [-0.2, 0) is 13.0 Å². The normalized spacial score (nSPS) is 11.2. The van der Waals surface area contributed by atoms with E-state index in [-0.39, 0.29) is 0 Å². The fourth-order valence-corrected chi connectivity index (χ4v) is 2.89. The Hall–Kier alpha value is -1.65. The van der Waals surface area contributed by atoms with Crippen LogP contribution in [0.3, 0.4) is 0 Å². The number of para-hydroxylation sites is 2. The molecule has 3 aromatic rings. The molecule has 3 nitrogen and oxygen atoms in total. The van der Waals surface area contributed by atoms with Crippen LogP contribution in [-0.4, -0.2) is 22.6 Å². The van der Waals surface area contributed by atoms with Crippen LogP contribution in [0.4, 0.5) is 0 Å². The highest BCUT2D eigenvalue weighted by molar-refractivity contribution is 7.09. The molecule has 4 heteroatoms. The summed E-state index contributed by atoms with van der Waals surface area (Å²) in [5.41, 5.74) is 2.28. The first kappa shape index (κ1) is 12.4. The van der Waals surface area contributed by atoms with E-state index in [0.717, 1.165) is 31.6 Å². The second-order valence-electron chi connectivity index (χ2n) is 4.51. The number of nitrogens with one attached hydrogen (secondary N) is 1. The number of hydrogen-bond acceptors (Lipinski definition) is 3. The lowest BCUT2D eigenvalue weighted by Gasteiger charge is -2.06. The molecule has 1 N–H and O–H groups in total. The molecule has 0 radical (unpaired) electrons. The molecule has 0 aliphatic rings. The van der Waals surface area contributed by atoms with Gasteiger partial charge in [-0.1, -0.05) is 18.2 Å². The SMILES string of the molecule is c1csc(CCNCCn2cnc3ccccc32)c1. The van der Waals surface area contributed by atoms with Gasteiger partial charge in [-0.25, -0.2) is 4.98 Å². The molecule has 98 valence electrons. The van der Waals surface area contributed by atoms with Crippen LogP contribution in [0.1, 0.15) is 4.88 Å². The average molecular weight is 271 g/mol. The molecule has 3 rings (SSSR count). The molecule has 2 aromatic heterocycles. The highest BCUT2D eigenvalue weighted by Crippen LogP contribution is 2.11. The lowest BCUT2D eigenvalue weighted by Crippen LogP contribution is -2.21. The third-order valence-electron chi connectivity index (χ3n) is 3.19. The predicted octanol–water partition coefficient (Wildman–Crippen LogP) is 2.93. The highest BCUT2D eigenvalue weighted by atomic mass is 32.1.